The number of nitrogens with zero attached hydrogens (tertiary/aromatic N) is 2. The van der Waals surface area contributed by atoms with Gasteiger partial charge in [-0.2, -0.15) is 0 Å². The van der Waals surface area contributed by atoms with E-state index in [2.05, 4.69) is 26.2 Å². The van der Waals surface area contributed by atoms with Crippen LogP contribution in [0.5, 0.6) is 0 Å². The Bertz CT molecular complexity index is 937. The summed E-state index contributed by atoms with van der Waals surface area (Å²) in [6.07, 6.45) is 3.99. The van der Waals surface area contributed by atoms with Gasteiger partial charge in [0.2, 0.25) is 5.91 Å². The Morgan fingerprint density at radius 2 is 2.07 bits per heavy atom. The molecule has 0 radical (unpaired) electrons. The third-order valence-corrected chi connectivity index (χ3v) is 5.77. The third-order valence-electron chi connectivity index (χ3n) is 5.27. The Hall–Kier alpha value is -2.58. The predicted molar refractivity (Wildman–Crippen MR) is 108 cm³/mol. The smallest absolute Gasteiger partial charge is 0.251 e. The summed E-state index contributed by atoms with van der Waals surface area (Å²) in [5.74, 6) is -0.693. The molecule has 7 nitrogen and oxygen atoms in total. The van der Waals surface area contributed by atoms with Crippen molar-refractivity contribution >= 4 is 33.5 Å². The lowest BCUT2D eigenvalue weighted by atomic mass is 10.0. The number of aromatic nitrogens is 1. The number of fused-ring (bicyclic) bond motifs is 1. The molecule has 2 amide bonds. The molecule has 2 fully saturated rings. The molecular formula is C21H20BrN3O4. The predicted octanol–water partition coefficient (Wildman–Crippen LogP) is 1.75. The first kappa shape index (κ1) is 19.7. The number of ether oxygens (including phenoxy) is 1. The minimum absolute atomic E-state index is 0.0402. The number of benzene rings is 1. The van der Waals surface area contributed by atoms with Crippen molar-refractivity contribution in [3.8, 4) is 0 Å². The van der Waals surface area contributed by atoms with Gasteiger partial charge in [-0.3, -0.25) is 19.4 Å². The summed E-state index contributed by atoms with van der Waals surface area (Å²) in [4.78, 5) is 43.9. The number of hydrogen-bond donors (Lipinski definition) is 1. The monoisotopic (exact) mass is 457 g/mol. The fourth-order valence-electron chi connectivity index (χ4n) is 3.87. The Labute approximate surface area is 176 Å². The average molecular weight is 458 g/mol. The normalized spacial score (nSPS) is 21.7. The summed E-state index contributed by atoms with van der Waals surface area (Å²) in [6.45, 7) is 0.484. The van der Waals surface area contributed by atoms with E-state index in [0.29, 0.717) is 24.9 Å². The molecule has 29 heavy (non-hydrogen) atoms. The molecule has 1 aromatic carbocycles. The van der Waals surface area contributed by atoms with Gasteiger partial charge in [-0.1, -0.05) is 22.0 Å². The molecule has 4 rings (SSSR count). The highest BCUT2D eigenvalue weighted by Gasteiger charge is 2.48. The van der Waals surface area contributed by atoms with E-state index in [9.17, 15) is 14.4 Å². The van der Waals surface area contributed by atoms with Gasteiger partial charge in [0.25, 0.3) is 5.91 Å². The van der Waals surface area contributed by atoms with E-state index in [-0.39, 0.29) is 30.3 Å². The fraction of sp³-hybridized carbons (Fsp3) is 0.333. The molecular weight excluding hydrogens is 438 g/mol. The number of Topliss-reactive ketones (excluding diaryl/α,β-unsaturated/α-hetero) is 1. The van der Waals surface area contributed by atoms with Crippen LogP contribution in [0.1, 0.15) is 22.3 Å². The van der Waals surface area contributed by atoms with E-state index >= 15 is 0 Å². The van der Waals surface area contributed by atoms with E-state index in [1.165, 1.54) is 0 Å². The number of pyridine rings is 1. The molecule has 3 heterocycles. The number of carbonyl (C=O) groups excluding carboxylic acids is 3. The van der Waals surface area contributed by atoms with Gasteiger partial charge < -0.3 is 15.0 Å². The largest absolute Gasteiger partial charge is 0.368 e. The molecule has 3 unspecified atom stereocenters. The number of amides is 2. The van der Waals surface area contributed by atoms with Crippen LogP contribution in [0.25, 0.3) is 0 Å². The van der Waals surface area contributed by atoms with Crippen molar-refractivity contribution in [2.75, 3.05) is 13.2 Å². The van der Waals surface area contributed by atoms with E-state index in [4.69, 9.17) is 4.74 Å². The Morgan fingerprint density at radius 1 is 1.28 bits per heavy atom. The lowest BCUT2D eigenvalue weighted by Gasteiger charge is -2.27. The van der Waals surface area contributed by atoms with Crippen molar-refractivity contribution in [3.05, 3.63) is 64.4 Å². The fourth-order valence-corrected chi connectivity index (χ4v) is 4.27. The minimum atomic E-state index is -0.795. The van der Waals surface area contributed by atoms with Gasteiger partial charge in [-0.05, 0) is 42.3 Å². The number of rotatable bonds is 5. The molecule has 1 aromatic heterocycles. The summed E-state index contributed by atoms with van der Waals surface area (Å²) in [7, 11) is 0. The van der Waals surface area contributed by atoms with Crippen molar-refractivity contribution in [1.29, 1.82) is 0 Å². The number of halogens is 1. The summed E-state index contributed by atoms with van der Waals surface area (Å²) in [5.41, 5.74) is 1.32. The van der Waals surface area contributed by atoms with E-state index < -0.39 is 12.1 Å². The Morgan fingerprint density at radius 3 is 2.83 bits per heavy atom. The van der Waals surface area contributed by atoms with Crippen LogP contribution in [0.15, 0.2) is 53.3 Å². The SMILES string of the molecule is O=C(NC(Cc1ccncc1)C(=O)N1CCC2OCC(=O)C21)c1cccc(Br)c1. The summed E-state index contributed by atoms with van der Waals surface area (Å²) < 4.78 is 6.26. The number of hydrogen-bond acceptors (Lipinski definition) is 5. The zero-order valence-electron chi connectivity index (χ0n) is 15.6. The second-order valence-corrected chi connectivity index (χ2v) is 8.09. The molecule has 0 saturated carbocycles. The lowest BCUT2D eigenvalue weighted by Crippen LogP contribution is -2.53. The van der Waals surface area contributed by atoms with Crippen molar-refractivity contribution in [2.24, 2.45) is 0 Å². The van der Waals surface area contributed by atoms with Gasteiger partial charge >= 0.3 is 0 Å². The summed E-state index contributed by atoms with van der Waals surface area (Å²) >= 11 is 3.36. The first-order valence-corrected chi connectivity index (χ1v) is 10.2. The number of ketones is 1. The van der Waals surface area contributed by atoms with Gasteiger partial charge in [0, 0.05) is 35.4 Å². The van der Waals surface area contributed by atoms with Crippen LogP contribution in [0, 0.1) is 0 Å². The molecule has 2 aliphatic rings. The lowest BCUT2D eigenvalue weighted by molar-refractivity contribution is -0.138. The van der Waals surface area contributed by atoms with Crippen LogP contribution >= 0.6 is 15.9 Å². The summed E-state index contributed by atoms with van der Waals surface area (Å²) in [5, 5.41) is 2.86. The first-order valence-electron chi connectivity index (χ1n) is 9.43. The molecule has 2 aliphatic heterocycles. The van der Waals surface area contributed by atoms with Crippen LogP contribution in [-0.2, 0) is 20.7 Å². The van der Waals surface area contributed by atoms with Gasteiger partial charge in [-0.25, -0.2) is 0 Å². The second-order valence-electron chi connectivity index (χ2n) is 7.18. The quantitative estimate of drug-likeness (QED) is 0.738. The average Bonchev–Trinajstić information content (AvgIpc) is 3.31. The first-order chi connectivity index (χ1) is 14.0. The van der Waals surface area contributed by atoms with E-state index in [0.717, 1.165) is 10.0 Å². The molecule has 2 saturated heterocycles. The highest BCUT2D eigenvalue weighted by Crippen LogP contribution is 2.28. The highest BCUT2D eigenvalue weighted by molar-refractivity contribution is 9.10. The maximum absolute atomic E-state index is 13.4. The number of carbonyl (C=O) groups is 3. The van der Waals surface area contributed by atoms with E-state index in [1.807, 2.05) is 18.2 Å². The molecule has 1 N–H and O–H groups in total. The van der Waals surface area contributed by atoms with Gasteiger partial charge in [0.15, 0.2) is 5.78 Å². The molecule has 0 aliphatic carbocycles. The molecule has 3 atom stereocenters. The maximum atomic E-state index is 13.4. The highest BCUT2D eigenvalue weighted by atomic mass is 79.9. The van der Waals surface area contributed by atoms with Crippen molar-refractivity contribution in [3.63, 3.8) is 0 Å². The zero-order valence-corrected chi connectivity index (χ0v) is 17.2. The van der Waals surface area contributed by atoms with Crippen LogP contribution < -0.4 is 5.32 Å². The summed E-state index contributed by atoms with van der Waals surface area (Å²) in [6, 6.07) is 9.24. The molecule has 0 spiro atoms. The van der Waals surface area contributed by atoms with Crippen molar-refractivity contribution in [2.45, 2.75) is 31.0 Å². The topological polar surface area (TPSA) is 88.6 Å². The van der Waals surface area contributed by atoms with Crippen LogP contribution in [0.3, 0.4) is 0 Å². The number of likely N-dealkylation sites (tertiary alicyclic amines) is 1. The Balaban J connectivity index is 1.57. The van der Waals surface area contributed by atoms with Crippen molar-refractivity contribution < 1.29 is 19.1 Å². The van der Waals surface area contributed by atoms with Crippen LogP contribution in [-0.4, -0.2) is 58.8 Å². The molecule has 150 valence electrons. The standard InChI is InChI=1S/C21H20BrN3O4/c22-15-3-1-2-14(11-15)20(27)24-16(10-13-4-7-23-8-5-13)21(28)25-9-6-18-19(25)17(26)12-29-18/h1-5,7-8,11,16,18-19H,6,9-10,12H2,(H,24,27). The van der Waals surface area contributed by atoms with Crippen LogP contribution in [0.4, 0.5) is 0 Å². The van der Waals surface area contributed by atoms with Gasteiger partial charge in [0.05, 0.1) is 6.10 Å². The molecule has 0 bridgehead atoms. The van der Waals surface area contributed by atoms with E-state index in [1.54, 1.807) is 35.5 Å². The zero-order chi connectivity index (χ0) is 20.4. The number of nitrogens with one attached hydrogen (secondary N) is 1. The molecule has 8 heteroatoms. The van der Waals surface area contributed by atoms with Crippen LogP contribution in [0.2, 0.25) is 0 Å². The minimum Gasteiger partial charge on any atom is -0.368 e. The van der Waals surface area contributed by atoms with Gasteiger partial charge in [-0.15, -0.1) is 0 Å². The maximum Gasteiger partial charge on any atom is 0.251 e. The second kappa shape index (κ2) is 8.42. The Kier molecular flexibility index (Phi) is 5.73. The van der Waals surface area contributed by atoms with Gasteiger partial charge in [0.1, 0.15) is 18.7 Å². The molecule has 2 aromatic rings. The third kappa shape index (κ3) is 4.23. The van der Waals surface area contributed by atoms with Crippen molar-refractivity contribution in [1.82, 2.24) is 15.2 Å².